The van der Waals surface area contributed by atoms with Gasteiger partial charge in [0, 0.05) is 0 Å². The third-order valence-corrected chi connectivity index (χ3v) is 6.49. The fourth-order valence-corrected chi connectivity index (χ4v) is 4.78. The zero-order valence-corrected chi connectivity index (χ0v) is 21.6. The molecule has 2 saturated carbocycles. The zero-order valence-electron chi connectivity index (χ0n) is 16.5. The van der Waals surface area contributed by atoms with Gasteiger partial charge in [-0.15, -0.1) is 0 Å². The molecule has 2 nitrogen and oxygen atoms in total. The summed E-state index contributed by atoms with van der Waals surface area (Å²) in [7, 11) is 14.2. The molecule has 0 amide bonds. The lowest BCUT2D eigenvalue weighted by atomic mass is 9.75. The van der Waals surface area contributed by atoms with E-state index >= 15 is 0 Å². The highest BCUT2D eigenvalue weighted by molar-refractivity contribution is 4.79. The van der Waals surface area contributed by atoms with Crippen LogP contribution in [-0.4, -0.2) is 63.3 Å². The Morgan fingerprint density at radius 2 is 0.783 bits per heavy atom. The molecule has 2 rings (SSSR count). The van der Waals surface area contributed by atoms with Crippen LogP contribution in [0.25, 0.3) is 0 Å². The molecule has 2 aliphatic rings. The van der Waals surface area contributed by atoms with Crippen molar-refractivity contribution in [3.05, 3.63) is 0 Å². The zero-order chi connectivity index (χ0) is 15.7. The smallest absolute Gasteiger partial charge is 0.235 e. The minimum absolute atomic E-state index is 0. The summed E-state index contributed by atoms with van der Waals surface area (Å²) in [5.74, 6) is 2.08. The van der Waals surface area contributed by atoms with Crippen LogP contribution in [0.3, 0.4) is 0 Å². The number of hydrogen-bond acceptors (Lipinski definition) is 0. The van der Waals surface area contributed by atoms with Gasteiger partial charge in [-0.25, -0.2) is 0 Å². The van der Waals surface area contributed by atoms with E-state index in [2.05, 4.69) is 42.3 Å². The lowest BCUT2D eigenvalue weighted by Crippen LogP contribution is -3.00. The second-order valence-corrected chi connectivity index (χ2v) is 9.82. The first-order chi connectivity index (χ1) is 9.66. The fourth-order valence-electron chi connectivity index (χ4n) is 4.78. The molecule has 0 aromatic heterocycles. The molecular weight excluding hydrogens is 510 g/mol. The normalized spacial score (nSPS) is 32.6. The first-order valence-corrected chi connectivity index (χ1v) is 9.28. The van der Waals surface area contributed by atoms with Gasteiger partial charge >= 0.3 is 0 Å². The van der Waals surface area contributed by atoms with E-state index in [0.717, 1.165) is 23.9 Å². The first-order valence-electron chi connectivity index (χ1n) is 9.28. The molecule has 0 atom stereocenters. The van der Waals surface area contributed by atoms with Crippen molar-refractivity contribution in [2.45, 2.75) is 69.9 Å². The van der Waals surface area contributed by atoms with Gasteiger partial charge in [-0.1, -0.05) is 0 Å². The largest absolute Gasteiger partial charge is 0.328 e. The van der Waals surface area contributed by atoms with E-state index in [1.54, 1.807) is 0 Å². The summed E-state index contributed by atoms with van der Waals surface area (Å²) in [5, 5.41) is 0. The summed E-state index contributed by atoms with van der Waals surface area (Å²) in [6.45, 7) is 0. The van der Waals surface area contributed by atoms with Gasteiger partial charge in [0.1, 0.15) is 0 Å². The average molecular weight is 554 g/mol. The third-order valence-electron chi connectivity index (χ3n) is 6.49. The average Bonchev–Trinajstić information content (AvgIpc) is 2.38. The van der Waals surface area contributed by atoms with Crippen molar-refractivity contribution in [1.29, 1.82) is 0 Å². The molecule has 0 saturated heterocycles. The van der Waals surface area contributed by atoms with Crippen LogP contribution >= 0.6 is 0 Å². The summed E-state index contributed by atoms with van der Waals surface area (Å²) in [5.41, 5.74) is 0. The molecule has 0 aromatic rings. The molecule has 2 fully saturated rings. The van der Waals surface area contributed by atoms with Gasteiger partial charge in [0.15, 0.2) is 0 Å². The molecule has 0 bridgehead atoms. The van der Waals surface area contributed by atoms with E-state index in [1.165, 1.54) is 66.8 Å². The summed E-state index contributed by atoms with van der Waals surface area (Å²) in [4.78, 5) is 0. The van der Waals surface area contributed by atoms with Crippen LogP contribution in [0.15, 0.2) is 0 Å². The Morgan fingerprint density at radius 3 is 1.00 bits per heavy atom. The van der Waals surface area contributed by atoms with Crippen LogP contribution in [-0.2, 0) is 0 Å². The van der Waals surface area contributed by atoms with Crippen molar-refractivity contribution in [2.75, 3.05) is 42.3 Å². The van der Waals surface area contributed by atoms with Crippen molar-refractivity contribution in [3.8, 4) is 0 Å². The predicted octanol–water partition coefficient (Wildman–Crippen LogP) is -3.16. The van der Waals surface area contributed by atoms with Crippen LogP contribution < -0.4 is 48.0 Å². The van der Waals surface area contributed by atoms with E-state index in [0.29, 0.717) is 0 Å². The van der Waals surface area contributed by atoms with Crippen LogP contribution in [0, 0.1) is 11.8 Å². The number of halogens is 2. The Bertz CT molecular complexity index is 285. The maximum absolute atomic E-state index is 2.37. The van der Waals surface area contributed by atoms with Crippen molar-refractivity contribution in [3.63, 3.8) is 0 Å². The molecule has 0 radical (unpaired) electrons. The second kappa shape index (κ2) is 9.91. The molecule has 0 N–H and O–H groups in total. The van der Waals surface area contributed by atoms with E-state index in [-0.39, 0.29) is 48.0 Å². The Hall–Kier alpha value is 1.38. The molecule has 0 aliphatic heterocycles. The molecule has 2 aliphatic carbocycles. The summed E-state index contributed by atoms with van der Waals surface area (Å²) in [6, 6.07) is 1.82. The predicted molar refractivity (Wildman–Crippen MR) is 97.8 cm³/mol. The van der Waals surface area contributed by atoms with Crippen LogP contribution in [0.2, 0.25) is 0 Å². The minimum atomic E-state index is 0. The Kier molecular flexibility index (Phi) is 10.5. The topological polar surface area (TPSA) is 0 Å². The highest BCUT2D eigenvalue weighted by Gasteiger charge is 2.33. The lowest BCUT2D eigenvalue weighted by Gasteiger charge is -2.41. The second-order valence-electron chi connectivity index (χ2n) is 9.82. The van der Waals surface area contributed by atoms with Crippen molar-refractivity contribution >= 4 is 0 Å². The summed E-state index contributed by atoms with van der Waals surface area (Å²) in [6.07, 6.45) is 13.4. The standard InChI is InChI=1S/C19H40N2.2H2I/c1-20(2,3)18-11-7-16(8-12-18)15-17-9-13-19(14-10-17)21(4,5)6;;/h16-19H,7-15H2,1-6H3;2*1H2/q+2;2*+1. The Labute approximate surface area is 180 Å². The molecule has 23 heavy (non-hydrogen) atoms. The molecule has 0 heterocycles. The van der Waals surface area contributed by atoms with Gasteiger partial charge in [-0.3, -0.25) is 0 Å². The third kappa shape index (κ3) is 7.65. The van der Waals surface area contributed by atoms with Gasteiger partial charge in [0.2, 0.25) is 48.0 Å². The molecule has 0 unspecified atom stereocenters. The van der Waals surface area contributed by atoms with Crippen molar-refractivity contribution < 1.29 is 56.9 Å². The van der Waals surface area contributed by atoms with E-state index in [4.69, 9.17) is 0 Å². The number of rotatable bonds is 4. The van der Waals surface area contributed by atoms with E-state index < -0.39 is 0 Å². The molecular formula is C19H44I2N2+4. The Balaban J connectivity index is 0.00000242. The number of nitrogens with zero attached hydrogens (tertiary/aromatic N) is 2. The van der Waals surface area contributed by atoms with E-state index in [9.17, 15) is 0 Å². The highest BCUT2D eigenvalue weighted by atomic mass is 127. The van der Waals surface area contributed by atoms with Crippen LogP contribution in [0.4, 0.5) is 0 Å². The minimum Gasteiger partial charge on any atom is -0.328 e. The van der Waals surface area contributed by atoms with Gasteiger partial charge in [-0.05, 0) is 69.6 Å². The summed E-state index contributed by atoms with van der Waals surface area (Å²) < 4.78 is 2.34. The molecule has 4 heteroatoms. The molecule has 0 spiro atoms. The number of quaternary nitrogens is 2. The van der Waals surface area contributed by atoms with Crippen LogP contribution in [0.5, 0.6) is 0 Å². The summed E-state index contributed by atoms with van der Waals surface area (Å²) >= 11 is 0. The SMILES string of the molecule is C[N+](C)(C)C1CCC(CC2CCC([N+](C)(C)C)CC2)CC1.[IH2+].[IH2+]. The monoisotopic (exact) mass is 554 g/mol. The molecule has 0 aromatic carbocycles. The quantitative estimate of drug-likeness (QED) is 0.255. The Morgan fingerprint density at radius 1 is 0.522 bits per heavy atom. The fraction of sp³-hybridized carbons (Fsp3) is 1.00. The maximum atomic E-state index is 2.37. The van der Waals surface area contributed by atoms with Crippen LogP contribution in [0.1, 0.15) is 57.8 Å². The van der Waals surface area contributed by atoms with Crippen molar-refractivity contribution in [2.24, 2.45) is 11.8 Å². The van der Waals surface area contributed by atoms with E-state index in [1.807, 2.05) is 0 Å². The maximum Gasteiger partial charge on any atom is 0.235 e. The lowest BCUT2D eigenvalue weighted by molar-refractivity contribution is -0.897. The van der Waals surface area contributed by atoms with Gasteiger partial charge in [0.05, 0.1) is 54.4 Å². The van der Waals surface area contributed by atoms with Gasteiger partial charge < -0.3 is 8.97 Å². The highest BCUT2D eigenvalue weighted by Crippen LogP contribution is 2.38. The van der Waals surface area contributed by atoms with Gasteiger partial charge in [0.25, 0.3) is 0 Å². The first kappa shape index (κ1) is 24.4. The molecule has 140 valence electrons. The van der Waals surface area contributed by atoms with Crippen molar-refractivity contribution in [1.82, 2.24) is 0 Å². The number of hydrogen-bond donors (Lipinski definition) is 0. The van der Waals surface area contributed by atoms with Gasteiger partial charge in [-0.2, -0.15) is 0 Å².